The third kappa shape index (κ3) is 2.83. The van der Waals surface area contributed by atoms with Crippen molar-refractivity contribution in [3.05, 3.63) is 35.5 Å². The van der Waals surface area contributed by atoms with Crippen LogP contribution in [-0.4, -0.2) is 10.9 Å². The van der Waals surface area contributed by atoms with Crippen molar-refractivity contribution in [2.45, 2.75) is 19.3 Å². The minimum Gasteiger partial charge on any atom is -0.310 e. The normalized spacial score (nSPS) is 19.4. The van der Waals surface area contributed by atoms with Crippen molar-refractivity contribution >= 4 is 23.3 Å². The van der Waals surface area contributed by atoms with Crippen LogP contribution in [0.5, 0.6) is 0 Å². The Hall–Kier alpha value is -1.35. The minimum absolute atomic E-state index is 0.0409. The maximum Gasteiger partial charge on any atom is 0.228 e. The van der Waals surface area contributed by atoms with Crippen molar-refractivity contribution in [3.8, 4) is 0 Å². The molecule has 0 unspecified atom stereocenters. The number of nitrogens with zero attached hydrogens (tertiary/aromatic N) is 1. The maximum atomic E-state index is 11.8. The number of carbonyl (C=O) groups is 1. The van der Waals surface area contributed by atoms with Crippen LogP contribution in [0.1, 0.15) is 19.3 Å². The van der Waals surface area contributed by atoms with E-state index in [1.165, 1.54) is 6.20 Å². The molecular formula is C12H13ClN2O. The lowest BCUT2D eigenvalue weighted by atomic mass is 9.94. The summed E-state index contributed by atoms with van der Waals surface area (Å²) in [6.45, 7) is 0. The van der Waals surface area contributed by atoms with Gasteiger partial charge < -0.3 is 5.32 Å². The van der Waals surface area contributed by atoms with Crippen LogP contribution in [0.15, 0.2) is 30.5 Å². The fourth-order valence-corrected chi connectivity index (χ4v) is 1.82. The highest BCUT2D eigenvalue weighted by atomic mass is 35.5. The molecule has 0 radical (unpaired) electrons. The maximum absolute atomic E-state index is 11.8. The number of halogens is 1. The molecular weight excluding hydrogens is 224 g/mol. The standard InChI is InChI=1S/C12H13ClN2O/c13-10-6-7-11(14-8-10)15-12(16)9-4-2-1-3-5-9/h1-2,6-9H,3-5H2,(H,14,15,16)/t9-/m0/s1. The van der Waals surface area contributed by atoms with Gasteiger partial charge in [-0.05, 0) is 31.4 Å². The van der Waals surface area contributed by atoms with Crippen LogP contribution in [0.2, 0.25) is 5.02 Å². The van der Waals surface area contributed by atoms with Gasteiger partial charge in [0.05, 0.1) is 5.02 Å². The Labute approximate surface area is 99.5 Å². The summed E-state index contributed by atoms with van der Waals surface area (Å²) in [6.07, 6.45) is 8.41. The first-order valence-electron chi connectivity index (χ1n) is 5.33. The summed E-state index contributed by atoms with van der Waals surface area (Å²) >= 11 is 5.71. The van der Waals surface area contributed by atoms with Crippen LogP contribution in [0, 0.1) is 5.92 Å². The van der Waals surface area contributed by atoms with Gasteiger partial charge in [-0.25, -0.2) is 4.98 Å². The Morgan fingerprint density at radius 1 is 1.44 bits per heavy atom. The molecule has 0 saturated heterocycles. The molecule has 1 N–H and O–H groups in total. The third-order valence-corrected chi connectivity index (χ3v) is 2.84. The molecule has 3 nitrogen and oxygen atoms in total. The number of pyridine rings is 1. The highest BCUT2D eigenvalue weighted by Gasteiger charge is 2.18. The van der Waals surface area contributed by atoms with E-state index in [0.29, 0.717) is 10.8 Å². The topological polar surface area (TPSA) is 42.0 Å². The van der Waals surface area contributed by atoms with Gasteiger partial charge in [0, 0.05) is 12.1 Å². The van der Waals surface area contributed by atoms with Crippen LogP contribution in [0.3, 0.4) is 0 Å². The van der Waals surface area contributed by atoms with E-state index in [1.54, 1.807) is 12.1 Å². The molecule has 1 atom stereocenters. The largest absolute Gasteiger partial charge is 0.310 e. The monoisotopic (exact) mass is 236 g/mol. The summed E-state index contributed by atoms with van der Waals surface area (Å²) in [6, 6.07) is 3.42. The van der Waals surface area contributed by atoms with Crippen LogP contribution in [0.25, 0.3) is 0 Å². The Morgan fingerprint density at radius 2 is 2.31 bits per heavy atom. The summed E-state index contributed by atoms with van der Waals surface area (Å²) in [5.74, 6) is 0.672. The molecule has 16 heavy (non-hydrogen) atoms. The van der Waals surface area contributed by atoms with Gasteiger partial charge in [-0.15, -0.1) is 0 Å². The number of rotatable bonds is 2. The Bertz CT molecular complexity index is 400. The van der Waals surface area contributed by atoms with E-state index in [9.17, 15) is 4.79 Å². The Kier molecular flexibility index (Phi) is 3.57. The predicted molar refractivity (Wildman–Crippen MR) is 64.4 cm³/mol. The number of anilines is 1. The first-order valence-corrected chi connectivity index (χ1v) is 5.71. The van der Waals surface area contributed by atoms with Crippen LogP contribution in [-0.2, 0) is 4.79 Å². The van der Waals surface area contributed by atoms with Crippen molar-refractivity contribution in [1.29, 1.82) is 0 Å². The highest BCUT2D eigenvalue weighted by molar-refractivity contribution is 6.30. The molecule has 84 valence electrons. The first kappa shape index (κ1) is 11.1. The lowest BCUT2D eigenvalue weighted by Crippen LogP contribution is -2.23. The predicted octanol–water partition coefficient (Wildman–Crippen LogP) is 3.03. The van der Waals surface area contributed by atoms with Crippen LogP contribution in [0.4, 0.5) is 5.82 Å². The summed E-state index contributed by atoms with van der Waals surface area (Å²) in [7, 11) is 0. The quantitative estimate of drug-likeness (QED) is 0.802. The molecule has 1 aromatic heterocycles. The second-order valence-electron chi connectivity index (χ2n) is 3.83. The zero-order valence-electron chi connectivity index (χ0n) is 8.82. The summed E-state index contributed by atoms with van der Waals surface area (Å²) in [4.78, 5) is 15.9. The van der Waals surface area contributed by atoms with E-state index in [4.69, 9.17) is 11.6 Å². The molecule has 4 heteroatoms. The van der Waals surface area contributed by atoms with Gasteiger partial charge >= 0.3 is 0 Å². The molecule has 1 heterocycles. The van der Waals surface area contributed by atoms with E-state index < -0.39 is 0 Å². The SMILES string of the molecule is O=C(Nc1ccc(Cl)cn1)[C@H]1CC=CCC1. The average molecular weight is 237 g/mol. The number of amides is 1. The molecule has 0 fully saturated rings. The molecule has 0 aromatic carbocycles. The highest BCUT2D eigenvalue weighted by Crippen LogP contribution is 2.20. The molecule has 1 aliphatic rings. The Morgan fingerprint density at radius 3 is 2.94 bits per heavy atom. The molecule has 1 aliphatic carbocycles. The number of aromatic nitrogens is 1. The number of hydrogen-bond donors (Lipinski definition) is 1. The summed E-state index contributed by atoms with van der Waals surface area (Å²) < 4.78 is 0. The first-order chi connectivity index (χ1) is 7.75. The van der Waals surface area contributed by atoms with E-state index in [-0.39, 0.29) is 11.8 Å². The fraction of sp³-hybridized carbons (Fsp3) is 0.333. The zero-order valence-corrected chi connectivity index (χ0v) is 9.57. The zero-order chi connectivity index (χ0) is 11.4. The lowest BCUT2D eigenvalue weighted by Gasteiger charge is -2.16. The van der Waals surface area contributed by atoms with Crippen molar-refractivity contribution in [3.63, 3.8) is 0 Å². The molecule has 0 bridgehead atoms. The van der Waals surface area contributed by atoms with E-state index in [2.05, 4.69) is 22.5 Å². The van der Waals surface area contributed by atoms with Gasteiger partial charge in [0.25, 0.3) is 0 Å². The minimum atomic E-state index is 0.0409. The number of hydrogen-bond acceptors (Lipinski definition) is 2. The van der Waals surface area contributed by atoms with Crippen molar-refractivity contribution in [1.82, 2.24) is 4.98 Å². The van der Waals surface area contributed by atoms with E-state index in [0.717, 1.165) is 19.3 Å². The second kappa shape index (κ2) is 5.12. The number of nitrogens with one attached hydrogen (secondary N) is 1. The molecule has 1 amide bonds. The van der Waals surface area contributed by atoms with Crippen LogP contribution >= 0.6 is 11.6 Å². The molecule has 2 rings (SSSR count). The van der Waals surface area contributed by atoms with Crippen molar-refractivity contribution in [2.75, 3.05) is 5.32 Å². The Balaban J connectivity index is 1.96. The smallest absolute Gasteiger partial charge is 0.228 e. The van der Waals surface area contributed by atoms with Crippen molar-refractivity contribution in [2.24, 2.45) is 5.92 Å². The second-order valence-corrected chi connectivity index (χ2v) is 4.27. The average Bonchev–Trinajstić information content (AvgIpc) is 2.33. The molecule has 1 aromatic rings. The lowest BCUT2D eigenvalue weighted by molar-refractivity contribution is -0.120. The van der Waals surface area contributed by atoms with Gasteiger partial charge in [-0.1, -0.05) is 23.8 Å². The molecule has 0 spiro atoms. The molecule has 0 saturated carbocycles. The van der Waals surface area contributed by atoms with Gasteiger partial charge in [0.15, 0.2) is 0 Å². The van der Waals surface area contributed by atoms with Crippen LogP contribution < -0.4 is 5.32 Å². The van der Waals surface area contributed by atoms with E-state index >= 15 is 0 Å². The van der Waals surface area contributed by atoms with E-state index in [1.807, 2.05) is 0 Å². The summed E-state index contributed by atoms with van der Waals surface area (Å²) in [5, 5.41) is 3.36. The number of carbonyl (C=O) groups excluding carboxylic acids is 1. The third-order valence-electron chi connectivity index (χ3n) is 2.62. The van der Waals surface area contributed by atoms with Gasteiger partial charge in [0.2, 0.25) is 5.91 Å². The fourth-order valence-electron chi connectivity index (χ4n) is 1.71. The van der Waals surface area contributed by atoms with Crippen molar-refractivity contribution < 1.29 is 4.79 Å². The van der Waals surface area contributed by atoms with Gasteiger partial charge in [0.1, 0.15) is 5.82 Å². The number of allylic oxidation sites excluding steroid dienone is 2. The van der Waals surface area contributed by atoms with Gasteiger partial charge in [-0.3, -0.25) is 4.79 Å². The summed E-state index contributed by atoms with van der Waals surface area (Å²) in [5.41, 5.74) is 0. The molecule has 0 aliphatic heterocycles. The van der Waals surface area contributed by atoms with Gasteiger partial charge in [-0.2, -0.15) is 0 Å².